The number of halogens is 1. The van der Waals surface area contributed by atoms with Crippen LogP contribution in [0.5, 0.6) is 0 Å². The van der Waals surface area contributed by atoms with Gasteiger partial charge in [0.1, 0.15) is 5.69 Å². The van der Waals surface area contributed by atoms with Crippen molar-refractivity contribution in [1.82, 2.24) is 19.6 Å². The highest BCUT2D eigenvalue weighted by Crippen LogP contribution is 2.20. The minimum absolute atomic E-state index is 0.193. The van der Waals surface area contributed by atoms with Crippen molar-refractivity contribution in [2.24, 2.45) is 0 Å². The summed E-state index contributed by atoms with van der Waals surface area (Å²) in [5, 5.41) is 7.01. The molecule has 9 heteroatoms. The summed E-state index contributed by atoms with van der Waals surface area (Å²) in [7, 11) is 0. The summed E-state index contributed by atoms with van der Waals surface area (Å²) in [6.45, 7) is 5.26. The first-order valence-corrected chi connectivity index (χ1v) is 9.64. The maximum absolute atomic E-state index is 14.6. The number of carbonyl (C=O) groups is 2. The molecule has 2 aromatic heterocycles. The van der Waals surface area contributed by atoms with Crippen molar-refractivity contribution < 1.29 is 18.4 Å². The zero-order chi connectivity index (χ0) is 21.3. The lowest BCUT2D eigenvalue weighted by molar-refractivity contribution is 0.0640. The Kier molecular flexibility index (Phi) is 5.26. The van der Waals surface area contributed by atoms with Gasteiger partial charge in [-0.25, -0.2) is 13.9 Å². The van der Waals surface area contributed by atoms with E-state index in [0.29, 0.717) is 37.6 Å². The average molecular weight is 411 g/mol. The van der Waals surface area contributed by atoms with Gasteiger partial charge in [-0.3, -0.25) is 4.79 Å². The molecule has 1 N–H and O–H groups in total. The molecule has 1 saturated heterocycles. The number of anilines is 1. The maximum atomic E-state index is 14.6. The predicted molar refractivity (Wildman–Crippen MR) is 108 cm³/mol. The number of urea groups is 1. The van der Waals surface area contributed by atoms with Gasteiger partial charge in [0.15, 0.2) is 11.6 Å². The summed E-state index contributed by atoms with van der Waals surface area (Å²) < 4.78 is 21.3. The van der Waals surface area contributed by atoms with Crippen molar-refractivity contribution >= 4 is 17.6 Å². The third-order valence-electron chi connectivity index (χ3n) is 5.02. The molecule has 156 valence electrons. The number of piperazine rings is 1. The van der Waals surface area contributed by atoms with Crippen LogP contribution in [0, 0.1) is 19.7 Å². The van der Waals surface area contributed by atoms with Crippen molar-refractivity contribution in [3.05, 3.63) is 65.6 Å². The number of aromatic nitrogens is 2. The molecule has 4 rings (SSSR count). The SMILES string of the molecule is Cc1cc(C)n(-c2ccc(NC(=O)N3CCN(C(=O)c4ccco4)CC3)cc2F)n1. The molecule has 0 spiro atoms. The van der Waals surface area contributed by atoms with E-state index in [0.717, 1.165) is 11.4 Å². The fourth-order valence-corrected chi connectivity index (χ4v) is 3.50. The summed E-state index contributed by atoms with van der Waals surface area (Å²) in [5.74, 6) is -0.388. The van der Waals surface area contributed by atoms with Gasteiger partial charge in [0.25, 0.3) is 5.91 Å². The number of aryl methyl sites for hydroxylation is 2. The van der Waals surface area contributed by atoms with Gasteiger partial charge in [0.2, 0.25) is 0 Å². The van der Waals surface area contributed by atoms with E-state index in [4.69, 9.17) is 4.42 Å². The largest absolute Gasteiger partial charge is 0.459 e. The third kappa shape index (κ3) is 3.91. The molecule has 0 unspecified atom stereocenters. The van der Waals surface area contributed by atoms with Crippen molar-refractivity contribution in [3.63, 3.8) is 0 Å². The Balaban J connectivity index is 1.37. The van der Waals surface area contributed by atoms with Gasteiger partial charge < -0.3 is 19.5 Å². The second kappa shape index (κ2) is 8.02. The van der Waals surface area contributed by atoms with E-state index in [1.807, 2.05) is 19.9 Å². The Morgan fingerprint density at radius 1 is 1.07 bits per heavy atom. The molecule has 3 amide bonds. The number of benzene rings is 1. The lowest BCUT2D eigenvalue weighted by Gasteiger charge is -2.34. The minimum Gasteiger partial charge on any atom is -0.459 e. The van der Waals surface area contributed by atoms with Crippen LogP contribution in [-0.2, 0) is 0 Å². The number of hydrogen-bond acceptors (Lipinski definition) is 4. The van der Waals surface area contributed by atoms with E-state index >= 15 is 0 Å². The van der Waals surface area contributed by atoms with Gasteiger partial charge in [0.05, 0.1) is 12.0 Å². The zero-order valence-electron chi connectivity index (χ0n) is 16.8. The van der Waals surface area contributed by atoms with Crippen LogP contribution in [0.4, 0.5) is 14.9 Å². The quantitative estimate of drug-likeness (QED) is 0.717. The van der Waals surface area contributed by atoms with E-state index in [1.165, 1.54) is 17.0 Å². The summed E-state index contributed by atoms with van der Waals surface area (Å²) >= 11 is 0. The van der Waals surface area contributed by atoms with Crippen LogP contribution in [0.15, 0.2) is 47.1 Å². The van der Waals surface area contributed by atoms with Crippen LogP contribution in [-0.4, -0.2) is 57.7 Å². The lowest BCUT2D eigenvalue weighted by Crippen LogP contribution is -2.51. The molecule has 0 saturated carbocycles. The maximum Gasteiger partial charge on any atom is 0.321 e. The van der Waals surface area contributed by atoms with E-state index in [9.17, 15) is 14.0 Å². The molecule has 0 bridgehead atoms. The van der Waals surface area contributed by atoms with Crippen LogP contribution >= 0.6 is 0 Å². The van der Waals surface area contributed by atoms with Crippen molar-refractivity contribution in [3.8, 4) is 5.69 Å². The third-order valence-corrected chi connectivity index (χ3v) is 5.02. The molecule has 1 aliphatic rings. The van der Waals surface area contributed by atoms with Gasteiger partial charge in [-0.15, -0.1) is 0 Å². The number of hydrogen-bond donors (Lipinski definition) is 1. The second-order valence-corrected chi connectivity index (χ2v) is 7.19. The van der Waals surface area contributed by atoms with Crippen LogP contribution < -0.4 is 5.32 Å². The molecule has 0 atom stereocenters. The molecule has 1 aromatic carbocycles. The van der Waals surface area contributed by atoms with Gasteiger partial charge in [-0.1, -0.05) is 0 Å². The minimum atomic E-state index is -0.479. The fourth-order valence-electron chi connectivity index (χ4n) is 3.50. The van der Waals surface area contributed by atoms with Crippen LogP contribution in [0.2, 0.25) is 0 Å². The number of nitrogens with zero attached hydrogens (tertiary/aromatic N) is 4. The highest BCUT2D eigenvalue weighted by Gasteiger charge is 2.26. The first-order valence-electron chi connectivity index (χ1n) is 9.64. The number of nitrogens with one attached hydrogen (secondary N) is 1. The average Bonchev–Trinajstić information content (AvgIpc) is 3.37. The highest BCUT2D eigenvalue weighted by molar-refractivity contribution is 5.92. The second-order valence-electron chi connectivity index (χ2n) is 7.19. The monoisotopic (exact) mass is 411 g/mol. The van der Waals surface area contributed by atoms with E-state index < -0.39 is 5.82 Å². The summed E-state index contributed by atoms with van der Waals surface area (Å²) in [6.07, 6.45) is 1.45. The van der Waals surface area contributed by atoms with Crippen LogP contribution in [0.3, 0.4) is 0 Å². The predicted octanol–water partition coefficient (Wildman–Crippen LogP) is 3.21. The van der Waals surface area contributed by atoms with Gasteiger partial charge in [-0.2, -0.15) is 5.10 Å². The number of furan rings is 1. The topological polar surface area (TPSA) is 83.6 Å². The first kappa shape index (κ1) is 19.7. The van der Waals surface area contributed by atoms with Crippen LogP contribution in [0.25, 0.3) is 5.69 Å². The van der Waals surface area contributed by atoms with Crippen molar-refractivity contribution in [2.75, 3.05) is 31.5 Å². The van der Waals surface area contributed by atoms with E-state index in [2.05, 4.69) is 10.4 Å². The fraction of sp³-hybridized carbons (Fsp3) is 0.286. The zero-order valence-corrected chi connectivity index (χ0v) is 16.8. The standard InChI is InChI=1S/C21H22FN5O3/c1-14-12-15(2)27(24-14)18-6-5-16(13-17(18)22)23-21(29)26-9-7-25(8-10-26)20(28)19-4-3-11-30-19/h3-6,11-13H,7-10H2,1-2H3,(H,23,29). The smallest absolute Gasteiger partial charge is 0.321 e. The number of amides is 3. The normalized spacial score (nSPS) is 14.1. The van der Waals surface area contributed by atoms with Crippen molar-refractivity contribution in [1.29, 1.82) is 0 Å². The van der Waals surface area contributed by atoms with Gasteiger partial charge >= 0.3 is 6.03 Å². The van der Waals surface area contributed by atoms with Crippen molar-refractivity contribution in [2.45, 2.75) is 13.8 Å². The number of carbonyl (C=O) groups excluding carboxylic acids is 2. The molecule has 8 nitrogen and oxygen atoms in total. The Hall–Kier alpha value is -3.62. The van der Waals surface area contributed by atoms with Gasteiger partial charge in [0, 0.05) is 37.6 Å². The van der Waals surface area contributed by atoms with E-state index in [1.54, 1.807) is 34.1 Å². The summed E-state index contributed by atoms with van der Waals surface area (Å²) in [5.41, 5.74) is 2.31. The summed E-state index contributed by atoms with van der Waals surface area (Å²) in [6, 6.07) is 9.32. The molecule has 1 aliphatic heterocycles. The van der Waals surface area contributed by atoms with Gasteiger partial charge in [-0.05, 0) is 50.2 Å². The molecule has 0 radical (unpaired) electrons. The molecular weight excluding hydrogens is 389 g/mol. The number of rotatable bonds is 3. The first-order chi connectivity index (χ1) is 14.4. The Morgan fingerprint density at radius 3 is 2.40 bits per heavy atom. The Bertz CT molecular complexity index is 1070. The molecule has 1 fully saturated rings. The molecular formula is C21H22FN5O3. The Morgan fingerprint density at radius 2 is 1.80 bits per heavy atom. The summed E-state index contributed by atoms with van der Waals surface area (Å²) in [4.78, 5) is 28.1. The lowest BCUT2D eigenvalue weighted by atomic mass is 10.2. The molecule has 30 heavy (non-hydrogen) atoms. The van der Waals surface area contributed by atoms with E-state index in [-0.39, 0.29) is 17.7 Å². The van der Waals surface area contributed by atoms with Crippen LogP contribution in [0.1, 0.15) is 21.9 Å². The highest BCUT2D eigenvalue weighted by atomic mass is 19.1. The molecule has 0 aliphatic carbocycles. The Labute approximate surface area is 172 Å². The molecule has 3 aromatic rings. The molecule has 3 heterocycles.